The van der Waals surface area contributed by atoms with Crippen molar-refractivity contribution in [2.24, 2.45) is 0 Å². The van der Waals surface area contributed by atoms with Crippen LogP contribution in [0.4, 0.5) is 0 Å². The minimum atomic E-state index is 0.300. The summed E-state index contributed by atoms with van der Waals surface area (Å²) in [6.45, 7) is 4.73. The average molecular weight is 245 g/mol. The molecule has 0 aliphatic carbocycles. The third-order valence-electron chi connectivity index (χ3n) is 2.80. The van der Waals surface area contributed by atoms with Crippen molar-refractivity contribution < 1.29 is 5.11 Å². The minimum Gasteiger partial charge on any atom is -0.508 e. The van der Waals surface area contributed by atoms with Crippen LogP contribution in [0.15, 0.2) is 36.7 Å². The Morgan fingerprint density at radius 2 is 2.06 bits per heavy atom. The fraction of sp³-hybridized carbons (Fsp3) is 0.357. The van der Waals surface area contributed by atoms with E-state index >= 15 is 0 Å². The zero-order chi connectivity index (χ0) is 12.8. The molecule has 0 spiro atoms. The Morgan fingerprint density at radius 1 is 1.28 bits per heavy atom. The fourth-order valence-electron chi connectivity index (χ4n) is 1.83. The van der Waals surface area contributed by atoms with E-state index in [1.54, 1.807) is 12.1 Å². The Hall–Kier alpha value is -1.81. The third-order valence-corrected chi connectivity index (χ3v) is 2.80. The smallest absolute Gasteiger partial charge is 0.122 e. The van der Waals surface area contributed by atoms with E-state index in [4.69, 9.17) is 0 Å². The summed E-state index contributed by atoms with van der Waals surface area (Å²) in [6.07, 6.45) is 4.93. The standard InChI is InChI=1S/C14H19N3O/c1-2-7-15-10-14-16-8-9-17(14)11-12-3-5-13(18)6-4-12/h3-6,8-9,15,18H,2,7,10-11H2,1H3. The molecule has 0 fully saturated rings. The molecule has 1 aromatic heterocycles. The van der Waals surface area contributed by atoms with Gasteiger partial charge in [0.25, 0.3) is 0 Å². The summed E-state index contributed by atoms with van der Waals surface area (Å²) in [5, 5.41) is 12.6. The highest BCUT2D eigenvalue weighted by Gasteiger charge is 2.03. The Morgan fingerprint density at radius 3 is 2.78 bits per heavy atom. The summed E-state index contributed by atoms with van der Waals surface area (Å²) in [6, 6.07) is 7.28. The van der Waals surface area contributed by atoms with Gasteiger partial charge >= 0.3 is 0 Å². The van der Waals surface area contributed by atoms with Crippen LogP contribution in [-0.4, -0.2) is 21.2 Å². The van der Waals surface area contributed by atoms with Gasteiger partial charge in [-0.3, -0.25) is 0 Å². The van der Waals surface area contributed by atoms with Gasteiger partial charge in [-0.15, -0.1) is 0 Å². The molecule has 0 aliphatic rings. The van der Waals surface area contributed by atoms with Crippen molar-refractivity contribution in [3.05, 3.63) is 48.0 Å². The summed E-state index contributed by atoms with van der Waals surface area (Å²) in [5.41, 5.74) is 1.16. The summed E-state index contributed by atoms with van der Waals surface area (Å²) in [4.78, 5) is 4.35. The second-order valence-electron chi connectivity index (χ2n) is 4.31. The molecule has 4 nitrogen and oxygen atoms in total. The van der Waals surface area contributed by atoms with E-state index < -0.39 is 0 Å². The highest BCUT2D eigenvalue weighted by atomic mass is 16.3. The Bertz CT molecular complexity index is 476. The molecule has 4 heteroatoms. The van der Waals surface area contributed by atoms with Gasteiger partial charge in [-0.05, 0) is 30.7 Å². The molecule has 0 saturated carbocycles. The van der Waals surface area contributed by atoms with Crippen LogP contribution in [0.25, 0.3) is 0 Å². The molecule has 2 aromatic rings. The molecule has 1 aromatic carbocycles. The number of hydrogen-bond donors (Lipinski definition) is 2. The lowest BCUT2D eigenvalue weighted by molar-refractivity contribution is 0.475. The number of nitrogens with zero attached hydrogens (tertiary/aromatic N) is 2. The van der Waals surface area contributed by atoms with Crippen LogP contribution in [0.1, 0.15) is 24.7 Å². The van der Waals surface area contributed by atoms with E-state index in [1.165, 1.54) is 0 Å². The maximum atomic E-state index is 9.25. The summed E-state index contributed by atoms with van der Waals surface area (Å²) in [7, 11) is 0. The lowest BCUT2D eigenvalue weighted by atomic mass is 10.2. The first-order valence-electron chi connectivity index (χ1n) is 6.28. The topological polar surface area (TPSA) is 50.1 Å². The Kier molecular flexibility index (Phi) is 4.36. The van der Waals surface area contributed by atoms with E-state index in [0.717, 1.165) is 37.4 Å². The monoisotopic (exact) mass is 245 g/mol. The molecule has 2 rings (SSSR count). The molecule has 1 heterocycles. The SMILES string of the molecule is CCCNCc1nccn1Cc1ccc(O)cc1. The van der Waals surface area contributed by atoms with E-state index in [2.05, 4.69) is 21.8 Å². The first kappa shape index (κ1) is 12.6. The zero-order valence-corrected chi connectivity index (χ0v) is 10.6. The van der Waals surface area contributed by atoms with Gasteiger partial charge in [0.2, 0.25) is 0 Å². The molecule has 2 N–H and O–H groups in total. The lowest BCUT2D eigenvalue weighted by Crippen LogP contribution is -2.17. The zero-order valence-electron chi connectivity index (χ0n) is 10.6. The van der Waals surface area contributed by atoms with Gasteiger partial charge in [-0.2, -0.15) is 0 Å². The third kappa shape index (κ3) is 3.34. The molecule has 0 radical (unpaired) electrons. The van der Waals surface area contributed by atoms with Crippen LogP contribution < -0.4 is 5.32 Å². The predicted octanol–water partition coefficient (Wildman–Crippen LogP) is 2.14. The molecule has 0 amide bonds. The molecule has 0 unspecified atom stereocenters. The first-order chi connectivity index (χ1) is 8.79. The van der Waals surface area contributed by atoms with Crippen molar-refractivity contribution in [3.63, 3.8) is 0 Å². The van der Waals surface area contributed by atoms with Crippen molar-refractivity contribution in [1.29, 1.82) is 0 Å². The number of aromatic nitrogens is 2. The van der Waals surface area contributed by atoms with Crippen molar-refractivity contribution in [1.82, 2.24) is 14.9 Å². The molecule has 18 heavy (non-hydrogen) atoms. The van der Waals surface area contributed by atoms with Crippen molar-refractivity contribution in [2.75, 3.05) is 6.54 Å². The second-order valence-corrected chi connectivity index (χ2v) is 4.31. The van der Waals surface area contributed by atoms with Gasteiger partial charge in [0.15, 0.2) is 0 Å². The van der Waals surface area contributed by atoms with Crippen LogP contribution in [0.5, 0.6) is 5.75 Å². The number of nitrogens with one attached hydrogen (secondary N) is 1. The maximum Gasteiger partial charge on any atom is 0.122 e. The molecule has 0 aliphatic heterocycles. The molecular weight excluding hydrogens is 226 g/mol. The first-order valence-corrected chi connectivity index (χ1v) is 6.28. The molecule has 0 bridgehead atoms. The van der Waals surface area contributed by atoms with Crippen LogP contribution in [0.2, 0.25) is 0 Å². The average Bonchev–Trinajstić information content (AvgIpc) is 2.80. The number of imidazole rings is 1. The van der Waals surface area contributed by atoms with Crippen molar-refractivity contribution >= 4 is 0 Å². The van der Waals surface area contributed by atoms with E-state index in [9.17, 15) is 5.11 Å². The minimum absolute atomic E-state index is 0.300. The number of hydrogen-bond acceptors (Lipinski definition) is 3. The van der Waals surface area contributed by atoms with Gasteiger partial charge in [0.05, 0.1) is 6.54 Å². The molecular formula is C14H19N3O. The maximum absolute atomic E-state index is 9.25. The van der Waals surface area contributed by atoms with E-state index in [1.807, 2.05) is 24.5 Å². The van der Waals surface area contributed by atoms with Crippen molar-refractivity contribution in [3.8, 4) is 5.75 Å². The van der Waals surface area contributed by atoms with Crippen LogP contribution in [-0.2, 0) is 13.1 Å². The predicted molar refractivity (Wildman–Crippen MR) is 71.4 cm³/mol. The number of rotatable bonds is 6. The van der Waals surface area contributed by atoms with Crippen LogP contribution in [0, 0.1) is 0 Å². The normalized spacial score (nSPS) is 10.7. The quantitative estimate of drug-likeness (QED) is 0.767. The lowest BCUT2D eigenvalue weighted by Gasteiger charge is -2.08. The van der Waals surface area contributed by atoms with E-state index in [0.29, 0.717) is 5.75 Å². The van der Waals surface area contributed by atoms with Gasteiger partial charge in [0, 0.05) is 18.9 Å². The number of phenolic OH excluding ortho intramolecular Hbond substituents is 1. The van der Waals surface area contributed by atoms with Gasteiger partial charge in [-0.25, -0.2) is 4.98 Å². The van der Waals surface area contributed by atoms with E-state index in [-0.39, 0.29) is 0 Å². The van der Waals surface area contributed by atoms with Gasteiger partial charge in [-0.1, -0.05) is 19.1 Å². The fourth-order valence-corrected chi connectivity index (χ4v) is 1.83. The molecule has 0 atom stereocenters. The van der Waals surface area contributed by atoms with Gasteiger partial charge < -0.3 is 15.0 Å². The Labute approximate surface area is 107 Å². The van der Waals surface area contributed by atoms with Crippen molar-refractivity contribution in [2.45, 2.75) is 26.4 Å². The number of benzene rings is 1. The summed E-state index contributed by atoms with van der Waals surface area (Å²) < 4.78 is 2.12. The van der Waals surface area contributed by atoms with Crippen LogP contribution in [0.3, 0.4) is 0 Å². The van der Waals surface area contributed by atoms with Gasteiger partial charge in [0.1, 0.15) is 11.6 Å². The highest BCUT2D eigenvalue weighted by Crippen LogP contribution is 2.11. The summed E-state index contributed by atoms with van der Waals surface area (Å²) in [5.74, 6) is 1.34. The number of phenols is 1. The molecule has 96 valence electrons. The van der Waals surface area contributed by atoms with Crippen LogP contribution >= 0.6 is 0 Å². The Balaban J connectivity index is 2.00. The largest absolute Gasteiger partial charge is 0.508 e. The summed E-state index contributed by atoms with van der Waals surface area (Å²) >= 11 is 0. The highest BCUT2D eigenvalue weighted by molar-refractivity contribution is 5.26. The molecule has 0 saturated heterocycles. The number of aromatic hydroxyl groups is 1. The second kappa shape index (κ2) is 6.21.